The summed E-state index contributed by atoms with van der Waals surface area (Å²) in [6.45, 7) is 2.11. The maximum Gasteiger partial charge on any atom is 0.140 e. The van der Waals surface area contributed by atoms with E-state index in [1.54, 1.807) is 0 Å². The van der Waals surface area contributed by atoms with Crippen LogP contribution in [-0.4, -0.2) is 10.4 Å². The molecule has 1 atom stereocenters. The highest BCUT2D eigenvalue weighted by Crippen LogP contribution is 2.35. The van der Waals surface area contributed by atoms with Crippen molar-refractivity contribution in [1.82, 2.24) is 4.57 Å². The molecule has 1 fully saturated rings. The van der Waals surface area contributed by atoms with Crippen molar-refractivity contribution in [2.24, 2.45) is 7.05 Å². The molecule has 1 heterocycles. The molecule has 0 amide bonds. The van der Waals surface area contributed by atoms with E-state index in [9.17, 15) is 4.79 Å². The van der Waals surface area contributed by atoms with Gasteiger partial charge in [-0.05, 0) is 37.0 Å². The summed E-state index contributed by atoms with van der Waals surface area (Å²) in [6.07, 6.45) is 6.18. The zero-order valence-corrected chi connectivity index (χ0v) is 11.1. The van der Waals surface area contributed by atoms with E-state index in [0.29, 0.717) is 5.78 Å². The first-order valence-electron chi connectivity index (χ1n) is 6.75. The number of rotatable bonds is 1. The largest absolute Gasteiger partial charge is 0.350 e. The Labute approximate surface area is 108 Å². The van der Waals surface area contributed by atoms with Crippen LogP contribution in [0.5, 0.6) is 0 Å². The quantitative estimate of drug-likeness (QED) is 0.746. The number of nitrogens with zero attached hydrogens (tertiary/aromatic N) is 1. The lowest BCUT2D eigenvalue weighted by Gasteiger charge is -2.19. The van der Waals surface area contributed by atoms with Gasteiger partial charge in [-0.15, -0.1) is 0 Å². The molecule has 1 aliphatic rings. The Balaban J connectivity index is 2.14. The molecule has 2 heteroatoms. The molecule has 2 nitrogen and oxygen atoms in total. The summed E-state index contributed by atoms with van der Waals surface area (Å²) in [6, 6.07) is 6.51. The second-order valence-electron chi connectivity index (χ2n) is 5.48. The summed E-state index contributed by atoms with van der Waals surface area (Å²) in [5.74, 6) is 0.555. The maximum absolute atomic E-state index is 12.1. The van der Waals surface area contributed by atoms with Crippen molar-refractivity contribution in [3.8, 4) is 0 Å². The van der Waals surface area contributed by atoms with Crippen LogP contribution < -0.4 is 0 Å². The van der Waals surface area contributed by atoms with Crippen LogP contribution in [0.2, 0.25) is 0 Å². The van der Waals surface area contributed by atoms with E-state index in [2.05, 4.69) is 42.9 Å². The van der Waals surface area contributed by atoms with Gasteiger partial charge >= 0.3 is 0 Å². The molecule has 1 aromatic carbocycles. The third-order valence-corrected chi connectivity index (χ3v) is 4.11. The van der Waals surface area contributed by atoms with E-state index in [1.165, 1.54) is 28.5 Å². The molecule has 0 saturated heterocycles. The van der Waals surface area contributed by atoms with Crippen LogP contribution in [0.4, 0.5) is 0 Å². The number of carbonyl (C=O) groups excluding carboxylic acids is 1. The van der Waals surface area contributed by atoms with Gasteiger partial charge in [0.15, 0.2) is 0 Å². The Kier molecular flexibility index (Phi) is 2.73. The molecule has 0 radical (unpaired) electrons. The summed E-state index contributed by atoms with van der Waals surface area (Å²) in [4.78, 5) is 12.1. The van der Waals surface area contributed by atoms with E-state index in [1.807, 2.05) is 0 Å². The topological polar surface area (TPSA) is 22.0 Å². The smallest absolute Gasteiger partial charge is 0.140 e. The second kappa shape index (κ2) is 4.27. The lowest BCUT2D eigenvalue weighted by atomic mass is 9.83. The molecule has 94 valence electrons. The van der Waals surface area contributed by atoms with Crippen LogP contribution in [0.1, 0.15) is 42.7 Å². The number of carbonyl (C=O) groups is 1. The first kappa shape index (κ1) is 11.5. The fourth-order valence-electron chi connectivity index (χ4n) is 3.11. The number of hydrogen-bond donors (Lipinski definition) is 0. The first-order valence-corrected chi connectivity index (χ1v) is 6.75. The number of hydrogen-bond acceptors (Lipinski definition) is 1. The van der Waals surface area contributed by atoms with Crippen molar-refractivity contribution >= 4 is 16.7 Å². The molecular weight excluding hydrogens is 222 g/mol. The van der Waals surface area contributed by atoms with Crippen LogP contribution in [-0.2, 0) is 11.8 Å². The lowest BCUT2D eigenvalue weighted by molar-refractivity contribution is -0.121. The normalized spacial score (nSPS) is 20.6. The molecule has 0 aliphatic heterocycles. The van der Waals surface area contributed by atoms with Crippen LogP contribution in [0.15, 0.2) is 24.4 Å². The zero-order valence-electron chi connectivity index (χ0n) is 11.1. The van der Waals surface area contributed by atoms with Gasteiger partial charge in [-0.2, -0.15) is 0 Å². The van der Waals surface area contributed by atoms with Gasteiger partial charge in [0.25, 0.3) is 0 Å². The number of aromatic nitrogens is 1. The number of fused-ring (bicyclic) bond motifs is 1. The van der Waals surface area contributed by atoms with Crippen LogP contribution in [0.25, 0.3) is 10.9 Å². The van der Waals surface area contributed by atoms with Crippen LogP contribution in [0.3, 0.4) is 0 Å². The molecular formula is C16H19NO. The van der Waals surface area contributed by atoms with E-state index >= 15 is 0 Å². The third kappa shape index (κ3) is 1.76. The number of ketones is 1. The van der Waals surface area contributed by atoms with Crippen molar-refractivity contribution < 1.29 is 4.79 Å². The Morgan fingerprint density at radius 3 is 2.89 bits per heavy atom. The summed E-state index contributed by atoms with van der Waals surface area (Å²) >= 11 is 0. The minimum atomic E-state index is 0.130. The van der Waals surface area contributed by atoms with Gasteiger partial charge in [-0.3, -0.25) is 4.79 Å². The van der Waals surface area contributed by atoms with Crippen molar-refractivity contribution in [1.29, 1.82) is 0 Å². The van der Waals surface area contributed by atoms with E-state index < -0.39 is 0 Å². The fraction of sp³-hybridized carbons (Fsp3) is 0.438. The van der Waals surface area contributed by atoms with E-state index in [-0.39, 0.29) is 5.92 Å². The SMILES string of the molecule is Cc1ccc2c(C3CCCCC3=O)cn(C)c2c1. The third-order valence-electron chi connectivity index (χ3n) is 4.11. The molecule has 3 rings (SSSR count). The summed E-state index contributed by atoms with van der Waals surface area (Å²) in [7, 11) is 2.07. The minimum absolute atomic E-state index is 0.130. The molecule has 0 bridgehead atoms. The second-order valence-corrected chi connectivity index (χ2v) is 5.48. The van der Waals surface area contributed by atoms with Gasteiger partial charge in [-0.1, -0.05) is 18.6 Å². The average molecular weight is 241 g/mol. The van der Waals surface area contributed by atoms with Crippen molar-refractivity contribution in [3.63, 3.8) is 0 Å². The lowest BCUT2D eigenvalue weighted by Crippen LogP contribution is -2.16. The molecule has 1 aliphatic carbocycles. The zero-order chi connectivity index (χ0) is 12.7. The summed E-state index contributed by atoms with van der Waals surface area (Å²) in [5, 5.41) is 1.25. The van der Waals surface area contributed by atoms with E-state index in [0.717, 1.165) is 19.3 Å². The van der Waals surface area contributed by atoms with E-state index in [4.69, 9.17) is 0 Å². The number of aryl methyl sites for hydroxylation is 2. The molecule has 18 heavy (non-hydrogen) atoms. The van der Waals surface area contributed by atoms with Gasteiger partial charge in [0.2, 0.25) is 0 Å². The van der Waals surface area contributed by atoms with Crippen LogP contribution in [0, 0.1) is 6.92 Å². The Bertz CT molecular complexity index is 609. The van der Waals surface area contributed by atoms with Crippen LogP contribution >= 0.6 is 0 Å². The number of Topliss-reactive ketones (excluding diaryl/α,β-unsaturated/α-hetero) is 1. The molecule has 0 spiro atoms. The first-order chi connectivity index (χ1) is 8.66. The molecule has 2 aromatic rings. The molecule has 1 unspecified atom stereocenters. The van der Waals surface area contributed by atoms with Gasteiger partial charge < -0.3 is 4.57 Å². The Hall–Kier alpha value is -1.57. The standard InChI is InChI=1S/C16H19NO/c1-11-7-8-12-14(10-17(2)15(12)9-11)13-5-3-4-6-16(13)18/h7-10,13H,3-6H2,1-2H3. The molecule has 1 saturated carbocycles. The molecule has 1 aromatic heterocycles. The predicted molar refractivity (Wildman–Crippen MR) is 73.9 cm³/mol. The molecule has 0 N–H and O–H groups in total. The predicted octanol–water partition coefficient (Wildman–Crippen LogP) is 3.71. The van der Waals surface area contributed by atoms with Crippen molar-refractivity contribution in [2.75, 3.05) is 0 Å². The highest BCUT2D eigenvalue weighted by molar-refractivity contribution is 5.93. The summed E-state index contributed by atoms with van der Waals surface area (Å²) < 4.78 is 2.15. The van der Waals surface area contributed by atoms with Gasteiger partial charge in [0.1, 0.15) is 5.78 Å². The summed E-state index contributed by atoms with van der Waals surface area (Å²) in [5.41, 5.74) is 3.74. The van der Waals surface area contributed by atoms with Gasteiger partial charge in [0, 0.05) is 36.5 Å². The maximum atomic E-state index is 12.1. The van der Waals surface area contributed by atoms with Gasteiger partial charge in [-0.25, -0.2) is 0 Å². The van der Waals surface area contributed by atoms with Crippen molar-refractivity contribution in [3.05, 3.63) is 35.5 Å². The Morgan fingerprint density at radius 1 is 1.28 bits per heavy atom. The highest BCUT2D eigenvalue weighted by atomic mass is 16.1. The Morgan fingerprint density at radius 2 is 2.11 bits per heavy atom. The average Bonchev–Trinajstić information content (AvgIpc) is 2.67. The fourth-order valence-corrected chi connectivity index (χ4v) is 3.11. The van der Waals surface area contributed by atoms with Gasteiger partial charge in [0.05, 0.1) is 0 Å². The highest BCUT2D eigenvalue weighted by Gasteiger charge is 2.26. The number of benzene rings is 1. The minimum Gasteiger partial charge on any atom is -0.350 e. The van der Waals surface area contributed by atoms with Crippen molar-refractivity contribution in [2.45, 2.75) is 38.5 Å². The monoisotopic (exact) mass is 241 g/mol.